The molecule has 3 rings (SSSR count). The Morgan fingerprint density at radius 2 is 2.04 bits per heavy atom. The fourth-order valence-electron chi connectivity index (χ4n) is 2.32. The Hall–Kier alpha value is -2.48. The Morgan fingerprint density at radius 3 is 2.74 bits per heavy atom. The molecule has 8 heteroatoms. The van der Waals surface area contributed by atoms with Gasteiger partial charge in [-0.05, 0) is 31.2 Å². The van der Waals surface area contributed by atoms with Crippen molar-refractivity contribution in [1.29, 1.82) is 0 Å². The summed E-state index contributed by atoms with van der Waals surface area (Å²) < 4.78 is 43.5. The number of halogens is 3. The average molecular weight is 341 g/mol. The van der Waals surface area contributed by atoms with Crippen molar-refractivity contribution < 1.29 is 27.8 Å². The molecule has 0 saturated heterocycles. The topological polar surface area (TPSA) is 51.5 Å². The molecular weight excluding hydrogens is 331 g/mol. The fraction of sp³-hybridized carbons (Fsp3) is 0.133. The van der Waals surface area contributed by atoms with Gasteiger partial charge in [-0.1, -0.05) is 11.3 Å². The minimum Gasteiger partial charge on any atom is -0.505 e. The highest BCUT2D eigenvalue weighted by Gasteiger charge is 2.19. The van der Waals surface area contributed by atoms with E-state index in [0.717, 1.165) is 17.4 Å². The number of phenols is 1. The predicted molar refractivity (Wildman–Crippen MR) is 79.0 cm³/mol. The zero-order valence-electron chi connectivity index (χ0n) is 11.7. The van der Waals surface area contributed by atoms with Crippen LogP contribution in [-0.2, 0) is 0 Å². The number of nitrogens with zero attached hydrogens (tertiary/aromatic N) is 1. The summed E-state index contributed by atoms with van der Waals surface area (Å²) in [5.74, 6) is -1.85. The molecule has 0 amide bonds. The number of carbonyl (C=O) groups excluding carboxylic acids is 1. The zero-order valence-corrected chi connectivity index (χ0v) is 12.5. The first kappa shape index (κ1) is 15.4. The van der Waals surface area contributed by atoms with E-state index in [9.17, 15) is 23.1 Å². The van der Waals surface area contributed by atoms with Gasteiger partial charge in [0.15, 0.2) is 16.6 Å². The number of phenolic OH excluding ortho intramolecular Hbond substituents is 1. The van der Waals surface area contributed by atoms with E-state index < -0.39 is 24.1 Å². The number of ether oxygens (including phenoxy) is 1. The van der Waals surface area contributed by atoms with Crippen molar-refractivity contribution in [3.05, 3.63) is 46.7 Å². The molecule has 0 saturated carbocycles. The molecule has 0 bridgehead atoms. The number of rotatable bonds is 3. The van der Waals surface area contributed by atoms with Crippen LogP contribution in [0.4, 0.5) is 13.2 Å². The number of hydrogen-bond acceptors (Lipinski definition) is 4. The lowest BCUT2D eigenvalue weighted by Gasteiger charge is -2.05. The molecule has 0 aliphatic carbocycles. The Morgan fingerprint density at radius 1 is 1.30 bits per heavy atom. The summed E-state index contributed by atoms with van der Waals surface area (Å²) >= 11 is 0.776. The van der Waals surface area contributed by atoms with Gasteiger partial charge < -0.3 is 9.84 Å². The highest BCUT2D eigenvalue weighted by atomic mass is 32.1. The van der Waals surface area contributed by atoms with Crippen LogP contribution in [0.5, 0.6) is 10.8 Å². The summed E-state index contributed by atoms with van der Waals surface area (Å²) in [6.07, 6.45) is 0. The number of carbonyl (C=O) groups is 1. The SMILES string of the molecule is Cc1cc2cc(O)c(F)cc2n1C(=O)c1ccc(OC(F)F)s1. The third kappa shape index (κ3) is 2.77. The van der Waals surface area contributed by atoms with E-state index in [2.05, 4.69) is 4.74 Å². The molecule has 4 nitrogen and oxygen atoms in total. The van der Waals surface area contributed by atoms with Crippen molar-refractivity contribution in [3.63, 3.8) is 0 Å². The standard InChI is InChI=1S/C15H10F3NO3S/c1-7-4-8-5-11(20)9(16)6-10(8)19(7)14(21)12-2-3-13(23-12)22-15(17)18/h2-6,15,20H,1H3. The summed E-state index contributed by atoms with van der Waals surface area (Å²) in [6, 6.07) is 6.54. The normalized spacial score (nSPS) is 11.3. The van der Waals surface area contributed by atoms with E-state index in [1.807, 2.05) is 0 Å². The first-order chi connectivity index (χ1) is 10.9. The summed E-state index contributed by atoms with van der Waals surface area (Å²) in [5.41, 5.74) is 0.812. The van der Waals surface area contributed by atoms with Crippen LogP contribution in [0.2, 0.25) is 0 Å². The molecule has 1 N–H and O–H groups in total. The first-order valence-corrected chi connectivity index (χ1v) is 7.28. The lowest BCUT2D eigenvalue weighted by atomic mass is 10.2. The molecule has 0 radical (unpaired) electrons. The predicted octanol–water partition coefficient (Wildman–Crippen LogP) is 4.15. The third-order valence-corrected chi connectivity index (χ3v) is 4.22. The van der Waals surface area contributed by atoms with E-state index >= 15 is 0 Å². The molecule has 0 spiro atoms. The quantitative estimate of drug-likeness (QED) is 0.779. The van der Waals surface area contributed by atoms with Crippen molar-refractivity contribution in [3.8, 4) is 10.8 Å². The molecular formula is C15H10F3NO3S. The molecule has 120 valence electrons. The lowest BCUT2D eigenvalue weighted by molar-refractivity contribution is -0.0472. The number of aromatic hydroxyl groups is 1. The third-order valence-electron chi connectivity index (χ3n) is 3.25. The van der Waals surface area contributed by atoms with Gasteiger partial charge in [-0.25, -0.2) is 4.39 Å². The number of aryl methyl sites for hydroxylation is 1. The highest BCUT2D eigenvalue weighted by molar-refractivity contribution is 7.15. The maximum Gasteiger partial charge on any atom is 0.388 e. The number of benzene rings is 1. The summed E-state index contributed by atoms with van der Waals surface area (Å²) in [4.78, 5) is 12.8. The Balaban J connectivity index is 2.05. The molecule has 2 aromatic heterocycles. The zero-order chi connectivity index (χ0) is 16.7. The van der Waals surface area contributed by atoms with Crippen LogP contribution in [0.1, 0.15) is 15.4 Å². The van der Waals surface area contributed by atoms with Crippen LogP contribution in [0.15, 0.2) is 30.3 Å². The fourth-order valence-corrected chi connectivity index (χ4v) is 3.11. The Bertz CT molecular complexity index is 901. The highest BCUT2D eigenvalue weighted by Crippen LogP contribution is 2.30. The van der Waals surface area contributed by atoms with E-state index in [1.165, 1.54) is 22.8 Å². The second-order valence-electron chi connectivity index (χ2n) is 4.79. The smallest absolute Gasteiger partial charge is 0.388 e. The van der Waals surface area contributed by atoms with Gasteiger partial charge in [0.05, 0.1) is 10.4 Å². The molecule has 0 aliphatic rings. The molecule has 0 unspecified atom stereocenters. The molecule has 0 fully saturated rings. The molecule has 1 aromatic carbocycles. The van der Waals surface area contributed by atoms with Gasteiger partial charge in [0.25, 0.3) is 5.91 Å². The molecule has 0 aliphatic heterocycles. The Kier molecular flexibility index (Phi) is 3.77. The molecule has 3 aromatic rings. The number of thiophene rings is 1. The molecule has 0 atom stereocenters. The van der Waals surface area contributed by atoms with Crippen molar-refractivity contribution in [1.82, 2.24) is 4.57 Å². The maximum atomic E-state index is 13.6. The number of fused-ring (bicyclic) bond motifs is 1. The van der Waals surface area contributed by atoms with Crippen molar-refractivity contribution in [2.24, 2.45) is 0 Å². The van der Waals surface area contributed by atoms with E-state index in [4.69, 9.17) is 0 Å². The van der Waals surface area contributed by atoms with E-state index in [1.54, 1.807) is 13.0 Å². The summed E-state index contributed by atoms with van der Waals surface area (Å²) in [6.45, 7) is -1.32. The minimum atomic E-state index is -2.97. The van der Waals surface area contributed by atoms with Crippen LogP contribution >= 0.6 is 11.3 Å². The van der Waals surface area contributed by atoms with Gasteiger partial charge >= 0.3 is 6.61 Å². The second kappa shape index (κ2) is 5.62. The first-order valence-electron chi connectivity index (χ1n) is 6.46. The summed E-state index contributed by atoms with van der Waals surface area (Å²) in [5, 5.41) is 9.82. The summed E-state index contributed by atoms with van der Waals surface area (Å²) in [7, 11) is 0. The lowest BCUT2D eigenvalue weighted by Crippen LogP contribution is -2.11. The van der Waals surface area contributed by atoms with Gasteiger partial charge in [0.1, 0.15) is 0 Å². The van der Waals surface area contributed by atoms with Crippen LogP contribution in [-0.4, -0.2) is 22.2 Å². The average Bonchev–Trinajstić information content (AvgIpc) is 3.02. The van der Waals surface area contributed by atoms with Gasteiger partial charge in [0, 0.05) is 17.1 Å². The van der Waals surface area contributed by atoms with Crippen LogP contribution < -0.4 is 4.74 Å². The maximum absolute atomic E-state index is 13.6. The molecule has 2 heterocycles. The number of aromatic nitrogens is 1. The van der Waals surface area contributed by atoms with Crippen molar-refractivity contribution in [2.45, 2.75) is 13.5 Å². The number of hydrogen-bond donors (Lipinski definition) is 1. The van der Waals surface area contributed by atoms with Gasteiger partial charge in [-0.15, -0.1) is 0 Å². The van der Waals surface area contributed by atoms with E-state index in [-0.39, 0.29) is 15.5 Å². The van der Waals surface area contributed by atoms with E-state index in [0.29, 0.717) is 11.1 Å². The van der Waals surface area contributed by atoms with Crippen LogP contribution in [0, 0.1) is 12.7 Å². The van der Waals surface area contributed by atoms with Gasteiger partial charge in [-0.2, -0.15) is 8.78 Å². The molecule has 23 heavy (non-hydrogen) atoms. The van der Waals surface area contributed by atoms with Crippen LogP contribution in [0.25, 0.3) is 10.9 Å². The second-order valence-corrected chi connectivity index (χ2v) is 5.83. The minimum absolute atomic E-state index is 0.0821. The van der Waals surface area contributed by atoms with Crippen molar-refractivity contribution >= 4 is 28.1 Å². The van der Waals surface area contributed by atoms with Crippen LogP contribution in [0.3, 0.4) is 0 Å². The largest absolute Gasteiger partial charge is 0.505 e. The Labute approximate surface area is 132 Å². The van der Waals surface area contributed by atoms with Gasteiger partial charge in [0.2, 0.25) is 0 Å². The number of alkyl halides is 2. The van der Waals surface area contributed by atoms with Crippen molar-refractivity contribution in [2.75, 3.05) is 0 Å². The van der Waals surface area contributed by atoms with Gasteiger partial charge in [-0.3, -0.25) is 9.36 Å². The monoisotopic (exact) mass is 341 g/mol.